The first-order valence-electron chi connectivity index (χ1n) is 5.57. The molecular formula is C9H15F3N2O4S. The third-order valence-electron chi connectivity index (χ3n) is 3.03. The number of carboxylic acid groups (broad SMARTS) is 1. The van der Waals surface area contributed by atoms with Crippen LogP contribution in [0.4, 0.5) is 13.2 Å². The average Bonchev–Trinajstić information content (AvgIpc) is 2.26. The molecule has 0 aromatic carbocycles. The molecule has 0 aliphatic carbocycles. The zero-order valence-electron chi connectivity index (χ0n) is 10.2. The lowest BCUT2D eigenvalue weighted by atomic mass is 9.91. The van der Waals surface area contributed by atoms with Crippen LogP contribution in [-0.4, -0.2) is 48.6 Å². The van der Waals surface area contributed by atoms with Crippen molar-refractivity contribution < 1.29 is 31.5 Å². The number of carboxylic acids is 1. The lowest BCUT2D eigenvalue weighted by molar-refractivity contribution is -0.149. The predicted molar refractivity (Wildman–Crippen MR) is 59.6 cm³/mol. The first kappa shape index (κ1) is 16.2. The maximum absolute atomic E-state index is 12.0. The van der Waals surface area contributed by atoms with E-state index in [0.717, 1.165) is 0 Å². The van der Waals surface area contributed by atoms with Gasteiger partial charge in [-0.05, 0) is 26.2 Å². The summed E-state index contributed by atoms with van der Waals surface area (Å²) in [7, 11) is -4.49. The number of carbonyl (C=O) groups is 1. The third-order valence-corrected chi connectivity index (χ3v) is 4.71. The second kappa shape index (κ2) is 5.25. The van der Waals surface area contributed by atoms with Crippen LogP contribution in [0.3, 0.4) is 0 Å². The van der Waals surface area contributed by atoms with E-state index < -0.39 is 34.4 Å². The van der Waals surface area contributed by atoms with Gasteiger partial charge in [-0.25, -0.2) is 0 Å². The number of hydrogen-bond acceptors (Lipinski definition) is 3. The van der Waals surface area contributed by atoms with Crippen molar-refractivity contribution >= 4 is 16.2 Å². The SMILES string of the molecule is CC1(C(=O)O)CCCCN1S(=O)(=O)NCC(F)(F)F. The summed E-state index contributed by atoms with van der Waals surface area (Å²) in [6, 6.07) is 0. The lowest BCUT2D eigenvalue weighted by Gasteiger charge is -2.40. The Hall–Kier alpha value is -0.870. The summed E-state index contributed by atoms with van der Waals surface area (Å²) in [5.74, 6) is -1.37. The molecule has 0 aromatic rings. The minimum absolute atomic E-state index is 0.0647. The van der Waals surface area contributed by atoms with Crippen LogP contribution >= 0.6 is 0 Å². The maximum Gasteiger partial charge on any atom is 0.402 e. The fraction of sp³-hybridized carbons (Fsp3) is 0.889. The highest BCUT2D eigenvalue weighted by Gasteiger charge is 2.48. The Labute approximate surface area is 108 Å². The number of hydrogen-bond donors (Lipinski definition) is 2. The van der Waals surface area contributed by atoms with Gasteiger partial charge in [0.1, 0.15) is 12.1 Å². The van der Waals surface area contributed by atoms with Gasteiger partial charge in [-0.1, -0.05) is 0 Å². The Morgan fingerprint density at radius 2 is 2.00 bits per heavy atom. The number of nitrogens with zero attached hydrogens (tertiary/aromatic N) is 1. The highest BCUT2D eigenvalue weighted by atomic mass is 32.2. The molecule has 1 saturated heterocycles. The molecule has 6 nitrogen and oxygen atoms in total. The molecule has 1 unspecified atom stereocenters. The van der Waals surface area contributed by atoms with Crippen molar-refractivity contribution in [1.82, 2.24) is 9.03 Å². The van der Waals surface area contributed by atoms with Crippen LogP contribution in [0.25, 0.3) is 0 Å². The topological polar surface area (TPSA) is 86.7 Å². The molecule has 2 N–H and O–H groups in total. The monoisotopic (exact) mass is 304 g/mol. The molecule has 1 aliphatic heterocycles. The van der Waals surface area contributed by atoms with E-state index in [1.54, 1.807) is 0 Å². The molecule has 1 heterocycles. The van der Waals surface area contributed by atoms with Crippen LogP contribution in [-0.2, 0) is 15.0 Å². The van der Waals surface area contributed by atoms with E-state index in [-0.39, 0.29) is 13.0 Å². The summed E-state index contributed by atoms with van der Waals surface area (Å²) in [6.45, 7) is -0.640. The van der Waals surface area contributed by atoms with E-state index in [9.17, 15) is 26.4 Å². The van der Waals surface area contributed by atoms with E-state index >= 15 is 0 Å². The summed E-state index contributed by atoms with van der Waals surface area (Å²) in [6.07, 6.45) is -3.71. The summed E-state index contributed by atoms with van der Waals surface area (Å²) >= 11 is 0. The van der Waals surface area contributed by atoms with Gasteiger partial charge >= 0.3 is 12.1 Å². The van der Waals surface area contributed by atoms with Gasteiger partial charge in [0.05, 0.1) is 0 Å². The van der Waals surface area contributed by atoms with Crippen molar-refractivity contribution in [2.45, 2.75) is 37.9 Å². The maximum atomic E-state index is 12.0. The molecule has 0 spiro atoms. The smallest absolute Gasteiger partial charge is 0.402 e. The van der Waals surface area contributed by atoms with Gasteiger partial charge in [0.15, 0.2) is 0 Å². The fourth-order valence-electron chi connectivity index (χ4n) is 1.95. The second-order valence-electron chi connectivity index (χ2n) is 4.55. The highest BCUT2D eigenvalue weighted by Crippen LogP contribution is 2.30. The van der Waals surface area contributed by atoms with E-state index in [1.807, 2.05) is 0 Å². The van der Waals surface area contributed by atoms with Crippen molar-refractivity contribution in [2.75, 3.05) is 13.1 Å². The quantitative estimate of drug-likeness (QED) is 0.801. The summed E-state index contributed by atoms with van der Waals surface area (Å²) < 4.78 is 61.7. The Balaban J connectivity index is 2.94. The highest BCUT2D eigenvalue weighted by molar-refractivity contribution is 7.87. The Kier molecular flexibility index (Phi) is 4.47. The molecule has 1 atom stereocenters. The number of aliphatic carboxylic acids is 1. The molecule has 19 heavy (non-hydrogen) atoms. The molecule has 0 radical (unpaired) electrons. The van der Waals surface area contributed by atoms with Crippen LogP contribution in [0.2, 0.25) is 0 Å². The molecule has 0 saturated carbocycles. The molecular weight excluding hydrogens is 289 g/mol. The van der Waals surface area contributed by atoms with Crippen LogP contribution in [0.1, 0.15) is 26.2 Å². The van der Waals surface area contributed by atoms with Crippen LogP contribution in [0, 0.1) is 0 Å². The van der Waals surface area contributed by atoms with Gasteiger partial charge in [-0.2, -0.15) is 30.6 Å². The Bertz CT molecular complexity index is 451. The van der Waals surface area contributed by atoms with Crippen LogP contribution < -0.4 is 4.72 Å². The minimum atomic E-state index is -4.69. The van der Waals surface area contributed by atoms with Gasteiger partial charge in [-0.3, -0.25) is 4.79 Å². The van der Waals surface area contributed by atoms with E-state index in [1.165, 1.54) is 11.6 Å². The molecule has 0 aromatic heterocycles. The number of halogens is 3. The first-order chi connectivity index (χ1) is 8.49. The number of piperidine rings is 1. The fourth-order valence-corrected chi connectivity index (χ4v) is 3.52. The second-order valence-corrected chi connectivity index (χ2v) is 6.23. The molecule has 10 heteroatoms. The van der Waals surface area contributed by atoms with Gasteiger partial charge in [-0.15, -0.1) is 0 Å². The predicted octanol–water partition coefficient (Wildman–Crippen LogP) is 0.712. The van der Waals surface area contributed by atoms with Crippen molar-refractivity contribution in [3.63, 3.8) is 0 Å². The molecule has 1 fully saturated rings. The van der Waals surface area contributed by atoms with Gasteiger partial charge < -0.3 is 5.11 Å². The summed E-state index contributed by atoms with van der Waals surface area (Å²) in [5, 5.41) is 9.10. The van der Waals surface area contributed by atoms with Crippen molar-refractivity contribution in [2.24, 2.45) is 0 Å². The largest absolute Gasteiger partial charge is 0.480 e. The summed E-state index contributed by atoms with van der Waals surface area (Å²) in [5.41, 5.74) is -1.71. The first-order valence-corrected chi connectivity index (χ1v) is 7.01. The molecule has 0 amide bonds. The Morgan fingerprint density at radius 3 is 2.47 bits per heavy atom. The van der Waals surface area contributed by atoms with E-state index in [2.05, 4.69) is 0 Å². The average molecular weight is 304 g/mol. The zero-order valence-corrected chi connectivity index (χ0v) is 11.0. The van der Waals surface area contributed by atoms with Crippen LogP contribution in [0.15, 0.2) is 0 Å². The standard InChI is InChI=1S/C9H15F3N2O4S/c1-8(7(15)16)4-2-3-5-14(8)19(17,18)13-6-9(10,11)12/h13H,2-6H2,1H3,(H,15,16). The number of alkyl halides is 3. The zero-order chi connectivity index (χ0) is 14.9. The van der Waals surface area contributed by atoms with E-state index in [4.69, 9.17) is 5.11 Å². The summed E-state index contributed by atoms with van der Waals surface area (Å²) in [4.78, 5) is 11.2. The van der Waals surface area contributed by atoms with Gasteiger partial charge in [0, 0.05) is 6.54 Å². The third kappa shape index (κ3) is 3.80. The number of rotatable bonds is 4. The molecule has 1 aliphatic rings. The number of nitrogens with one attached hydrogen (secondary N) is 1. The molecule has 112 valence electrons. The minimum Gasteiger partial charge on any atom is -0.480 e. The molecule has 1 rings (SSSR count). The van der Waals surface area contributed by atoms with Crippen molar-refractivity contribution in [1.29, 1.82) is 0 Å². The normalized spacial score (nSPS) is 26.3. The lowest BCUT2D eigenvalue weighted by Crippen LogP contribution is -2.60. The van der Waals surface area contributed by atoms with Crippen molar-refractivity contribution in [3.05, 3.63) is 0 Å². The van der Waals surface area contributed by atoms with Gasteiger partial charge in [0.2, 0.25) is 0 Å². The Morgan fingerprint density at radius 1 is 1.42 bits per heavy atom. The van der Waals surface area contributed by atoms with Crippen LogP contribution in [0.5, 0.6) is 0 Å². The van der Waals surface area contributed by atoms with Crippen molar-refractivity contribution in [3.8, 4) is 0 Å². The van der Waals surface area contributed by atoms with Gasteiger partial charge in [0.25, 0.3) is 10.2 Å². The molecule has 0 bridgehead atoms. The van der Waals surface area contributed by atoms with E-state index in [0.29, 0.717) is 17.1 Å².